The maximum atomic E-state index is 11.6. The summed E-state index contributed by atoms with van der Waals surface area (Å²) in [6.45, 7) is 2.23. The van der Waals surface area contributed by atoms with Crippen LogP contribution in [0, 0.1) is 6.92 Å². The van der Waals surface area contributed by atoms with E-state index in [0.29, 0.717) is 0 Å². The lowest BCUT2D eigenvalue weighted by Gasteiger charge is -2.12. The summed E-state index contributed by atoms with van der Waals surface area (Å²) in [5, 5.41) is 8.50. The third-order valence-corrected chi connectivity index (χ3v) is 3.15. The minimum absolute atomic E-state index is 0.0335. The molecule has 0 fully saturated rings. The highest BCUT2D eigenvalue weighted by molar-refractivity contribution is 7.12. The minimum atomic E-state index is -0.900. The topological polar surface area (TPSA) is 57.6 Å². The van der Waals surface area contributed by atoms with Crippen molar-refractivity contribution >= 4 is 29.3 Å². The molecular weight excluding hydrogens is 238 g/mol. The molecule has 0 aliphatic rings. The van der Waals surface area contributed by atoms with Gasteiger partial charge in [-0.25, -0.2) is 0 Å². The van der Waals surface area contributed by atoms with Gasteiger partial charge in [-0.05, 0) is 25.1 Å². The highest BCUT2D eigenvalue weighted by atomic mass is 32.1. The van der Waals surface area contributed by atoms with Crippen molar-refractivity contribution in [2.24, 2.45) is 0 Å². The van der Waals surface area contributed by atoms with Gasteiger partial charge in [0.15, 0.2) is 0 Å². The van der Waals surface area contributed by atoms with Gasteiger partial charge in [0.2, 0.25) is 5.91 Å². The molecule has 1 N–H and O–H groups in total. The van der Waals surface area contributed by atoms with Crippen LogP contribution in [0.1, 0.15) is 16.2 Å². The predicted molar refractivity (Wildman–Crippen MR) is 68.0 cm³/mol. The minimum Gasteiger partial charge on any atom is -0.481 e. The van der Waals surface area contributed by atoms with Gasteiger partial charge in [-0.1, -0.05) is 0 Å². The average molecular weight is 253 g/mol. The van der Waals surface area contributed by atoms with Crippen LogP contribution in [0.25, 0.3) is 6.08 Å². The lowest BCUT2D eigenvalue weighted by Crippen LogP contribution is -2.27. The van der Waals surface area contributed by atoms with Crippen LogP contribution in [0.3, 0.4) is 0 Å². The fourth-order valence-corrected chi connectivity index (χ4v) is 1.98. The third kappa shape index (κ3) is 4.82. The second-order valence-electron chi connectivity index (χ2n) is 3.69. The number of carbonyl (C=O) groups is 2. The number of aryl methyl sites for hydroxylation is 1. The van der Waals surface area contributed by atoms with E-state index in [9.17, 15) is 9.59 Å². The molecule has 1 aromatic rings. The maximum Gasteiger partial charge on any atom is 0.305 e. The number of amides is 1. The third-order valence-electron chi connectivity index (χ3n) is 2.19. The summed E-state index contributed by atoms with van der Waals surface area (Å²) in [5.41, 5.74) is 0. The zero-order chi connectivity index (χ0) is 12.8. The van der Waals surface area contributed by atoms with E-state index < -0.39 is 5.97 Å². The van der Waals surface area contributed by atoms with E-state index in [1.165, 1.54) is 15.9 Å². The molecule has 0 aliphatic carbocycles. The molecule has 92 valence electrons. The van der Waals surface area contributed by atoms with E-state index in [2.05, 4.69) is 0 Å². The van der Waals surface area contributed by atoms with E-state index in [1.54, 1.807) is 24.5 Å². The summed E-state index contributed by atoms with van der Waals surface area (Å²) in [7, 11) is 1.59. The number of carbonyl (C=O) groups excluding carboxylic acids is 1. The van der Waals surface area contributed by atoms with Gasteiger partial charge < -0.3 is 10.0 Å². The zero-order valence-corrected chi connectivity index (χ0v) is 10.7. The summed E-state index contributed by atoms with van der Waals surface area (Å²) in [5.74, 6) is -1.08. The molecule has 0 spiro atoms. The molecule has 0 bridgehead atoms. The van der Waals surface area contributed by atoms with Crippen molar-refractivity contribution < 1.29 is 14.7 Å². The molecule has 1 rings (SSSR count). The Kier molecular flexibility index (Phi) is 4.90. The molecule has 0 saturated carbocycles. The zero-order valence-electron chi connectivity index (χ0n) is 9.84. The van der Waals surface area contributed by atoms with Crippen LogP contribution in [-0.4, -0.2) is 35.5 Å². The Hall–Kier alpha value is -1.62. The molecule has 0 aromatic carbocycles. The van der Waals surface area contributed by atoms with Gasteiger partial charge in [0.1, 0.15) is 0 Å². The van der Waals surface area contributed by atoms with Crippen LogP contribution < -0.4 is 0 Å². The van der Waals surface area contributed by atoms with Crippen LogP contribution in [0.5, 0.6) is 0 Å². The first kappa shape index (κ1) is 13.4. The van der Waals surface area contributed by atoms with Gasteiger partial charge in [0, 0.05) is 29.4 Å². The SMILES string of the molecule is Cc1ccc(C=CC(=O)N(C)CCC(=O)O)s1. The van der Waals surface area contributed by atoms with E-state index >= 15 is 0 Å². The Labute approximate surface area is 104 Å². The van der Waals surface area contributed by atoms with E-state index in [4.69, 9.17) is 5.11 Å². The lowest BCUT2D eigenvalue weighted by molar-refractivity contribution is -0.137. The van der Waals surface area contributed by atoms with Gasteiger partial charge in [0.05, 0.1) is 6.42 Å². The standard InChI is InChI=1S/C12H15NO3S/c1-9-3-4-10(17-9)5-6-11(14)13(2)8-7-12(15)16/h3-6H,7-8H2,1-2H3,(H,15,16). The van der Waals surface area contributed by atoms with E-state index in [0.717, 1.165) is 4.88 Å². The second-order valence-corrected chi connectivity index (χ2v) is 5.00. The number of carboxylic acids is 1. The number of thiophene rings is 1. The number of carboxylic acid groups (broad SMARTS) is 1. The summed E-state index contributed by atoms with van der Waals surface area (Å²) < 4.78 is 0. The Balaban J connectivity index is 2.48. The van der Waals surface area contributed by atoms with Crippen LogP contribution >= 0.6 is 11.3 Å². The molecule has 17 heavy (non-hydrogen) atoms. The normalized spacial score (nSPS) is 10.7. The van der Waals surface area contributed by atoms with Crippen LogP contribution in [0.2, 0.25) is 0 Å². The quantitative estimate of drug-likeness (QED) is 0.817. The predicted octanol–water partition coefficient (Wildman–Crippen LogP) is 2.00. The fraction of sp³-hybridized carbons (Fsp3) is 0.333. The first-order chi connectivity index (χ1) is 7.99. The molecule has 0 radical (unpaired) electrons. The summed E-state index contributed by atoms with van der Waals surface area (Å²) in [4.78, 5) is 25.5. The van der Waals surface area contributed by atoms with Gasteiger partial charge in [-0.15, -0.1) is 11.3 Å². The average Bonchev–Trinajstić information content (AvgIpc) is 2.68. The van der Waals surface area contributed by atoms with Crippen molar-refractivity contribution in [2.45, 2.75) is 13.3 Å². The van der Waals surface area contributed by atoms with E-state index in [1.807, 2.05) is 19.1 Å². The number of hydrogen-bond acceptors (Lipinski definition) is 3. The molecule has 0 saturated heterocycles. The molecule has 1 aromatic heterocycles. The van der Waals surface area contributed by atoms with Gasteiger partial charge in [-0.3, -0.25) is 9.59 Å². The Morgan fingerprint density at radius 1 is 1.47 bits per heavy atom. The van der Waals surface area contributed by atoms with Crippen molar-refractivity contribution in [3.63, 3.8) is 0 Å². The number of aliphatic carboxylic acids is 1. The molecule has 0 atom stereocenters. The van der Waals surface area contributed by atoms with Crippen molar-refractivity contribution in [3.8, 4) is 0 Å². The fourth-order valence-electron chi connectivity index (χ4n) is 1.20. The number of rotatable bonds is 5. The van der Waals surface area contributed by atoms with Crippen molar-refractivity contribution in [1.82, 2.24) is 4.90 Å². The maximum absolute atomic E-state index is 11.6. The van der Waals surface area contributed by atoms with E-state index in [-0.39, 0.29) is 18.9 Å². The smallest absolute Gasteiger partial charge is 0.305 e. The van der Waals surface area contributed by atoms with Crippen molar-refractivity contribution in [1.29, 1.82) is 0 Å². The number of nitrogens with zero attached hydrogens (tertiary/aromatic N) is 1. The largest absolute Gasteiger partial charge is 0.481 e. The molecule has 0 unspecified atom stereocenters. The van der Waals surface area contributed by atoms with Gasteiger partial charge in [-0.2, -0.15) is 0 Å². The van der Waals surface area contributed by atoms with Gasteiger partial charge in [0.25, 0.3) is 0 Å². The molecule has 0 aliphatic heterocycles. The van der Waals surface area contributed by atoms with Crippen LogP contribution in [0.15, 0.2) is 18.2 Å². The van der Waals surface area contributed by atoms with Crippen molar-refractivity contribution in [2.75, 3.05) is 13.6 Å². The Morgan fingerprint density at radius 2 is 2.18 bits per heavy atom. The van der Waals surface area contributed by atoms with Crippen LogP contribution in [-0.2, 0) is 9.59 Å². The Morgan fingerprint density at radius 3 is 2.71 bits per heavy atom. The van der Waals surface area contributed by atoms with Crippen molar-refractivity contribution in [3.05, 3.63) is 28.0 Å². The first-order valence-corrected chi connectivity index (χ1v) is 6.02. The van der Waals surface area contributed by atoms with Crippen LogP contribution in [0.4, 0.5) is 0 Å². The monoisotopic (exact) mass is 253 g/mol. The number of hydrogen-bond donors (Lipinski definition) is 1. The Bertz CT molecular complexity index is 437. The summed E-state index contributed by atoms with van der Waals surface area (Å²) >= 11 is 1.61. The first-order valence-electron chi connectivity index (χ1n) is 5.20. The lowest BCUT2D eigenvalue weighted by atomic mass is 10.3. The van der Waals surface area contributed by atoms with Gasteiger partial charge >= 0.3 is 5.97 Å². The molecule has 4 nitrogen and oxygen atoms in total. The molecular formula is C12H15NO3S. The second kappa shape index (κ2) is 6.20. The molecule has 5 heteroatoms. The number of likely N-dealkylation sites (N-methyl/N-ethyl adjacent to an activating group) is 1. The summed E-state index contributed by atoms with van der Waals surface area (Å²) in [6.07, 6.45) is 3.18. The highest BCUT2D eigenvalue weighted by Crippen LogP contribution is 2.16. The summed E-state index contributed by atoms with van der Waals surface area (Å²) in [6, 6.07) is 3.93. The molecule has 1 amide bonds. The molecule has 1 heterocycles. The highest BCUT2D eigenvalue weighted by Gasteiger charge is 2.06.